The van der Waals surface area contributed by atoms with Crippen LogP contribution in [-0.2, 0) is 35.4 Å². The van der Waals surface area contributed by atoms with Gasteiger partial charge in [0.1, 0.15) is 11.8 Å². The number of aryl methyl sites for hydroxylation is 1. The van der Waals surface area contributed by atoms with Crippen molar-refractivity contribution in [2.24, 2.45) is 0 Å². The zero-order valence-electron chi connectivity index (χ0n) is 22.5. The summed E-state index contributed by atoms with van der Waals surface area (Å²) < 4.78 is 5.24. The Morgan fingerprint density at radius 2 is 1.23 bits per heavy atom. The van der Waals surface area contributed by atoms with Gasteiger partial charge >= 0.3 is 0 Å². The first-order valence-electron chi connectivity index (χ1n) is 13.4. The molecule has 2 amide bonds. The summed E-state index contributed by atoms with van der Waals surface area (Å²) in [5.41, 5.74) is 4.22. The van der Waals surface area contributed by atoms with E-state index >= 15 is 0 Å². The summed E-state index contributed by atoms with van der Waals surface area (Å²) in [6.45, 7) is 0.853. The molecule has 4 rings (SSSR count). The number of carbonyl (C=O) groups is 2. The predicted molar refractivity (Wildman–Crippen MR) is 155 cm³/mol. The summed E-state index contributed by atoms with van der Waals surface area (Å²) in [6.07, 6.45) is 2.09. The Labute approximate surface area is 231 Å². The lowest BCUT2D eigenvalue weighted by Crippen LogP contribution is -2.50. The van der Waals surface area contributed by atoms with Gasteiger partial charge in [0.25, 0.3) is 0 Å². The second-order valence-electron chi connectivity index (χ2n) is 9.59. The van der Waals surface area contributed by atoms with Crippen LogP contribution in [0.25, 0.3) is 0 Å². The third-order valence-corrected chi connectivity index (χ3v) is 6.81. The van der Waals surface area contributed by atoms with E-state index in [-0.39, 0.29) is 11.8 Å². The Morgan fingerprint density at radius 1 is 0.692 bits per heavy atom. The van der Waals surface area contributed by atoms with Gasteiger partial charge in [0.2, 0.25) is 11.8 Å². The van der Waals surface area contributed by atoms with Crippen LogP contribution in [0.4, 0.5) is 0 Å². The minimum absolute atomic E-state index is 0.0334. The second-order valence-corrected chi connectivity index (χ2v) is 9.59. The summed E-state index contributed by atoms with van der Waals surface area (Å²) in [7, 11) is 1.64. The standard InChI is InChI=1S/C34H36N2O3/c1-39-31-20-17-28(18-21-31)23-24-35-34(38)32(25-29-13-7-3-8-14-29)36(26-30-15-9-4-10-16-30)33(37)22-19-27-11-5-2-6-12-27/h2-18,20-21,32H,19,22-26H2,1H3,(H,35,38). The Morgan fingerprint density at radius 3 is 1.82 bits per heavy atom. The number of nitrogens with zero attached hydrogens (tertiary/aromatic N) is 1. The van der Waals surface area contributed by atoms with E-state index in [0.717, 1.165) is 28.0 Å². The van der Waals surface area contributed by atoms with Gasteiger partial charge in [-0.1, -0.05) is 103 Å². The Bertz CT molecular complexity index is 1290. The first-order chi connectivity index (χ1) is 19.1. The molecule has 0 radical (unpaired) electrons. The van der Waals surface area contributed by atoms with Gasteiger partial charge in [-0.05, 0) is 47.2 Å². The summed E-state index contributed by atoms with van der Waals surface area (Å²) >= 11 is 0. The highest BCUT2D eigenvalue weighted by molar-refractivity contribution is 5.88. The summed E-state index contributed by atoms with van der Waals surface area (Å²) in [5, 5.41) is 3.11. The lowest BCUT2D eigenvalue weighted by Gasteiger charge is -2.31. The third-order valence-electron chi connectivity index (χ3n) is 6.81. The van der Waals surface area contributed by atoms with E-state index in [9.17, 15) is 9.59 Å². The monoisotopic (exact) mass is 520 g/mol. The Kier molecular flexibility index (Phi) is 10.3. The van der Waals surface area contributed by atoms with E-state index in [0.29, 0.717) is 38.8 Å². The molecule has 200 valence electrons. The fourth-order valence-electron chi connectivity index (χ4n) is 4.61. The van der Waals surface area contributed by atoms with Crippen molar-refractivity contribution >= 4 is 11.8 Å². The van der Waals surface area contributed by atoms with Crippen LogP contribution in [0.2, 0.25) is 0 Å². The van der Waals surface area contributed by atoms with Gasteiger partial charge < -0.3 is 15.0 Å². The zero-order chi connectivity index (χ0) is 27.3. The molecule has 0 aromatic heterocycles. The average Bonchev–Trinajstić information content (AvgIpc) is 2.99. The minimum atomic E-state index is -0.633. The molecule has 4 aromatic rings. The van der Waals surface area contributed by atoms with E-state index in [1.54, 1.807) is 12.0 Å². The van der Waals surface area contributed by atoms with Crippen molar-refractivity contribution in [3.8, 4) is 5.75 Å². The van der Waals surface area contributed by atoms with Crippen molar-refractivity contribution in [1.29, 1.82) is 0 Å². The SMILES string of the molecule is COc1ccc(CCNC(=O)C(Cc2ccccc2)N(Cc2ccccc2)C(=O)CCc2ccccc2)cc1. The summed E-state index contributed by atoms with van der Waals surface area (Å²) in [4.78, 5) is 29.2. The summed E-state index contributed by atoms with van der Waals surface area (Å²) in [6, 6.07) is 37.0. The first-order valence-corrected chi connectivity index (χ1v) is 13.4. The predicted octanol–water partition coefficient (Wildman–Crippen LogP) is 5.63. The van der Waals surface area contributed by atoms with Gasteiger partial charge in [-0.3, -0.25) is 9.59 Å². The number of nitrogens with one attached hydrogen (secondary N) is 1. The van der Waals surface area contributed by atoms with Crippen LogP contribution < -0.4 is 10.1 Å². The number of ether oxygens (including phenoxy) is 1. The molecule has 0 bridgehead atoms. The number of rotatable bonds is 13. The normalized spacial score (nSPS) is 11.4. The van der Waals surface area contributed by atoms with Gasteiger partial charge in [0.05, 0.1) is 7.11 Å². The molecule has 0 saturated carbocycles. The maximum Gasteiger partial charge on any atom is 0.243 e. The number of carbonyl (C=O) groups excluding carboxylic acids is 2. The summed E-state index contributed by atoms with van der Waals surface area (Å²) in [5.74, 6) is 0.626. The maximum absolute atomic E-state index is 13.7. The molecule has 4 aromatic carbocycles. The van der Waals surface area contributed by atoms with Crippen LogP contribution >= 0.6 is 0 Å². The molecule has 0 spiro atoms. The zero-order valence-corrected chi connectivity index (χ0v) is 22.5. The fourth-order valence-corrected chi connectivity index (χ4v) is 4.61. The number of methoxy groups -OCH3 is 1. The van der Waals surface area contributed by atoms with Crippen LogP contribution in [0.3, 0.4) is 0 Å². The van der Waals surface area contributed by atoms with Crippen LogP contribution in [0.15, 0.2) is 115 Å². The molecular weight excluding hydrogens is 484 g/mol. The van der Waals surface area contributed by atoms with Gasteiger partial charge in [-0.2, -0.15) is 0 Å². The van der Waals surface area contributed by atoms with E-state index in [2.05, 4.69) is 5.32 Å². The molecule has 1 atom stereocenters. The highest BCUT2D eigenvalue weighted by Gasteiger charge is 2.30. The highest BCUT2D eigenvalue weighted by Crippen LogP contribution is 2.17. The number of hydrogen-bond acceptors (Lipinski definition) is 3. The lowest BCUT2D eigenvalue weighted by atomic mass is 10.0. The molecule has 1 N–H and O–H groups in total. The van der Waals surface area contributed by atoms with E-state index < -0.39 is 6.04 Å². The minimum Gasteiger partial charge on any atom is -0.497 e. The van der Waals surface area contributed by atoms with Crippen LogP contribution in [0, 0.1) is 0 Å². The van der Waals surface area contributed by atoms with Gasteiger partial charge in [0, 0.05) is 25.9 Å². The lowest BCUT2D eigenvalue weighted by molar-refractivity contribution is -0.141. The fraction of sp³-hybridized carbons (Fsp3) is 0.235. The molecular formula is C34H36N2O3. The third kappa shape index (κ3) is 8.57. The van der Waals surface area contributed by atoms with E-state index in [4.69, 9.17) is 4.74 Å². The van der Waals surface area contributed by atoms with Crippen molar-refractivity contribution in [3.05, 3.63) is 138 Å². The van der Waals surface area contributed by atoms with Crippen molar-refractivity contribution in [3.63, 3.8) is 0 Å². The smallest absolute Gasteiger partial charge is 0.243 e. The van der Waals surface area contributed by atoms with Crippen molar-refractivity contribution < 1.29 is 14.3 Å². The topological polar surface area (TPSA) is 58.6 Å². The van der Waals surface area contributed by atoms with E-state index in [1.165, 1.54) is 0 Å². The highest BCUT2D eigenvalue weighted by atomic mass is 16.5. The molecule has 0 saturated heterocycles. The Balaban J connectivity index is 1.53. The Hall–Kier alpha value is -4.38. The van der Waals surface area contributed by atoms with Crippen molar-refractivity contribution in [2.75, 3.05) is 13.7 Å². The maximum atomic E-state index is 13.7. The first kappa shape index (κ1) is 27.6. The molecule has 0 heterocycles. The van der Waals surface area contributed by atoms with Gasteiger partial charge in [-0.15, -0.1) is 0 Å². The molecule has 0 aliphatic rings. The number of hydrogen-bond donors (Lipinski definition) is 1. The van der Waals surface area contributed by atoms with Crippen LogP contribution in [0.1, 0.15) is 28.7 Å². The van der Waals surface area contributed by atoms with Gasteiger partial charge in [-0.25, -0.2) is 0 Å². The largest absolute Gasteiger partial charge is 0.497 e. The van der Waals surface area contributed by atoms with Crippen molar-refractivity contribution in [1.82, 2.24) is 10.2 Å². The van der Waals surface area contributed by atoms with Crippen LogP contribution in [0.5, 0.6) is 5.75 Å². The molecule has 0 aliphatic heterocycles. The number of benzene rings is 4. The molecule has 0 aliphatic carbocycles. The average molecular weight is 521 g/mol. The van der Waals surface area contributed by atoms with Crippen molar-refractivity contribution in [2.45, 2.75) is 38.3 Å². The number of amides is 2. The molecule has 5 heteroatoms. The van der Waals surface area contributed by atoms with Crippen LogP contribution in [-0.4, -0.2) is 36.4 Å². The molecule has 1 unspecified atom stereocenters. The quantitative estimate of drug-likeness (QED) is 0.249. The van der Waals surface area contributed by atoms with Gasteiger partial charge in [0.15, 0.2) is 0 Å². The second kappa shape index (κ2) is 14.5. The molecule has 5 nitrogen and oxygen atoms in total. The molecule has 39 heavy (non-hydrogen) atoms. The molecule has 0 fully saturated rings. The van der Waals surface area contributed by atoms with E-state index in [1.807, 2.05) is 115 Å².